The zero-order chi connectivity index (χ0) is 19.8. The first-order chi connectivity index (χ1) is 12.9. The van der Waals surface area contributed by atoms with Crippen molar-refractivity contribution in [2.45, 2.75) is 6.92 Å². The van der Waals surface area contributed by atoms with Crippen molar-refractivity contribution in [3.05, 3.63) is 70.3 Å². The molecule has 0 aliphatic rings. The molecule has 2 aromatic carbocycles. The van der Waals surface area contributed by atoms with Gasteiger partial charge < -0.3 is 15.4 Å². The van der Waals surface area contributed by atoms with Gasteiger partial charge in [-0.1, -0.05) is 23.7 Å². The second-order valence-corrected chi connectivity index (χ2v) is 6.07. The number of amides is 2. The van der Waals surface area contributed by atoms with E-state index in [0.717, 1.165) is 11.1 Å². The highest BCUT2D eigenvalue weighted by Crippen LogP contribution is 2.17. The maximum atomic E-state index is 12.0. The average Bonchev–Trinajstić information content (AvgIpc) is 2.67. The molecule has 6 nitrogen and oxygen atoms in total. The maximum Gasteiger partial charge on any atom is 0.325 e. The first-order valence-electron chi connectivity index (χ1n) is 8.09. The number of methoxy groups -OCH3 is 1. The van der Waals surface area contributed by atoms with Gasteiger partial charge in [0.2, 0.25) is 5.91 Å². The van der Waals surface area contributed by atoms with Crippen LogP contribution < -0.4 is 10.6 Å². The van der Waals surface area contributed by atoms with Gasteiger partial charge in [0.1, 0.15) is 6.54 Å². The molecule has 2 N–H and O–H groups in total. The number of benzene rings is 2. The molecule has 0 fully saturated rings. The number of anilines is 1. The summed E-state index contributed by atoms with van der Waals surface area (Å²) in [4.78, 5) is 34.9. The van der Waals surface area contributed by atoms with E-state index >= 15 is 0 Å². The molecule has 2 rings (SSSR count). The molecule has 0 saturated heterocycles. The van der Waals surface area contributed by atoms with E-state index in [2.05, 4.69) is 15.4 Å². The fourth-order valence-corrected chi connectivity index (χ4v) is 2.29. The smallest absolute Gasteiger partial charge is 0.325 e. The summed E-state index contributed by atoms with van der Waals surface area (Å²) >= 11 is 6.05. The van der Waals surface area contributed by atoms with Crippen LogP contribution >= 0.6 is 11.6 Å². The van der Waals surface area contributed by atoms with Crippen molar-refractivity contribution in [1.82, 2.24) is 5.32 Å². The van der Waals surface area contributed by atoms with E-state index in [-0.39, 0.29) is 12.5 Å². The third-order valence-corrected chi connectivity index (χ3v) is 4.07. The molecule has 0 atom stereocenters. The molecule has 0 radical (unpaired) electrons. The van der Waals surface area contributed by atoms with Crippen LogP contribution in [0.1, 0.15) is 21.5 Å². The molecule has 0 aliphatic carbocycles. The molecular weight excluding hydrogens is 368 g/mol. The van der Waals surface area contributed by atoms with Crippen molar-refractivity contribution in [1.29, 1.82) is 0 Å². The van der Waals surface area contributed by atoms with Crippen LogP contribution in [0.3, 0.4) is 0 Å². The molecule has 0 spiro atoms. The Morgan fingerprint density at radius 1 is 1.11 bits per heavy atom. The summed E-state index contributed by atoms with van der Waals surface area (Å²) in [5.41, 5.74) is 2.69. The highest BCUT2D eigenvalue weighted by molar-refractivity contribution is 6.31. The second-order valence-electron chi connectivity index (χ2n) is 5.67. The Morgan fingerprint density at radius 2 is 1.81 bits per heavy atom. The fourth-order valence-electron chi connectivity index (χ4n) is 2.10. The van der Waals surface area contributed by atoms with Gasteiger partial charge in [-0.15, -0.1) is 0 Å². The monoisotopic (exact) mass is 386 g/mol. The largest absolute Gasteiger partial charge is 0.468 e. The van der Waals surface area contributed by atoms with Crippen LogP contribution in [0.4, 0.5) is 5.69 Å². The summed E-state index contributed by atoms with van der Waals surface area (Å²) in [5.74, 6) is -1.25. The van der Waals surface area contributed by atoms with Crippen LogP contribution in [-0.2, 0) is 14.3 Å². The molecule has 0 saturated carbocycles. The predicted molar refractivity (Wildman–Crippen MR) is 105 cm³/mol. The first-order valence-corrected chi connectivity index (χ1v) is 8.47. The van der Waals surface area contributed by atoms with E-state index in [9.17, 15) is 14.4 Å². The average molecular weight is 387 g/mol. The Hall–Kier alpha value is -3.12. The number of hydrogen-bond acceptors (Lipinski definition) is 4. The summed E-state index contributed by atoms with van der Waals surface area (Å²) in [6.07, 6.45) is 3.06. The molecule has 0 aromatic heterocycles. The van der Waals surface area contributed by atoms with Gasteiger partial charge in [0.05, 0.1) is 7.11 Å². The standard InChI is InChI=1S/C20H19ClN2O4/c1-13-3-4-14(11-17(13)21)5-10-18(24)23-16-8-6-15(7-9-16)20(26)22-12-19(25)27-2/h3-11H,12H2,1-2H3,(H,22,26)(H,23,24)/b10-5+. The van der Waals surface area contributed by atoms with Gasteiger partial charge >= 0.3 is 5.97 Å². The van der Waals surface area contributed by atoms with Crippen molar-refractivity contribution in [2.75, 3.05) is 19.0 Å². The van der Waals surface area contributed by atoms with E-state index in [0.29, 0.717) is 16.3 Å². The van der Waals surface area contributed by atoms with Gasteiger partial charge in [-0.05, 0) is 54.5 Å². The highest BCUT2D eigenvalue weighted by Gasteiger charge is 2.08. The van der Waals surface area contributed by atoms with E-state index < -0.39 is 11.9 Å². The number of esters is 1. The van der Waals surface area contributed by atoms with Crippen molar-refractivity contribution in [2.24, 2.45) is 0 Å². The molecule has 0 unspecified atom stereocenters. The van der Waals surface area contributed by atoms with Crippen molar-refractivity contribution >= 4 is 41.1 Å². The third-order valence-electron chi connectivity index (χ3n) is 3.66. The second kappa shape index (κ2) is 9.54. The molecule has 2 aromatic rings. The highest BCUT2D eigenvalue weighted by atomic mass is 35.5. The van der Waals surface area contributed by atoms with Crippen LogP contribution in [0.2, 0.25) is 5.02 Å². The molecular formula is C20H19ClN2O4. The number of carbonyl (C=O) groups excluding carboxylic acids is 3. The molecule has 7 heteroatoms. The molecule has 0 aliphatic heterocycles. The van der Waals surface area contributed by atoms with Crippen LogP contribution in [0, 0.1) is 6.92 Å². The van der Waals surface area contributed by atoms with Gasteiger partial charge in [-0.2, -0.15) is 0 Å². The Labute approximate surface area is 162 Å². The van der Waals surface area contributed by atoms with Crippen LogP contribution in [0.5, 0.6) is 0 Å². The minimum atomic E-state index is -0.533. The predicted octanol–water partition coefficient (Wildman–Crippen LogP) is 3.20. The first kappa shape index (κ1) is 20.2. The number of halogens is 1. The molecule has 140 valence electrons. The molecule has 2 amide bonds. The third kappa shape index (κ3) is 6.27. The van der Waals surface area contributed by atoms with E-state index in [1.54, 1.807) is 36.4 Å². The van der Waals surface area contributed by atoms with Gasteiger partial charge in [0.25, 0.3) is 5.91 Å². The van der Waals surface area contributed by atoms with Crippen molar-refractivity contribution < 1.29 is 19.1 Å². The van der Waals surface area contributed by atoms with Crippen molar-refractivity contribution in [3.8, 4) is 0 Å². The van der Waals surface area contributed by atoms with Gasteiger partial charge in [-0.3, -0.25) is 14.4 Å². The minimum Gasteiger partial charge on any atom is -0.468 e. The van der Waals surface area contributed by atoms with E-state index in [1.165, 1.54) is 13.2 Å². The Kier molecular flexibility index (Phi) is 7.14. The molecule has 0 heterocycles. The Bertz CT molecular complexity index is 876. The van der Waals surface area contributed by atoms with E-state index in [4.69, 9.17) is 11.6 Å². The maximum absolute atomic E-state index is 12.0. The lowest BCUT2D eigenvalue weighted by molar-refractivity contribution is -0.139. The van der Waals surface area contributed by atoms with Gasteiger partial charge in [-0.25, -0.2) is 0 Å². The number of rotatable bonds is 6. The summed E-state index contributed by atoms with van der Waals surface area (Å²) in [7, 11) is 1.24. The molecule has 0 bridgehead atoms. The van der Waals surface area contributed by atoms with Gasteiger partial charge in [0, 0.05) is 22.3 Å². The Balaban J connectivity index is 1.92. The summed E-state index contributed by atoms with van der Waals surface area (Å²) in [6, 6.07) is 11.8. The Morgan fingerprint density at radius 3 is 2.44 bits per heavy atom. The van der Waals surface area contributed by atoms with Crippen LogP contribution in [0.15, 0.2) is 48.5 Å². The summed E-state index contributed by atoms with van der Waals surface area (Å²) in [5, 5.41) is 5.77. The summed E-state index contributed by atoms with van der Waals surface area (Å²) < 4.78 is 4.45. The van der Waals surface area contributed by atoms with E-state index in [1.807, 2.05) is 19.1 Å². The minimum absolute atomic E-state index is 0.207. The lowest BCUT2D eigenvalue weighted by Gasteiger charge is -2.06. The van der Waals surface area contributed by atoms with Crippen molar-refractivity contribution in [3.63, 3.8) is 0 Å². The zero-order valence-corrected chi connectivity index (χ0v) is 15.7. The lowest BCUT2D eigenvalue weighted by atomic mass is 10.1. The van der Waals surface area contributed by atoms with Crippen LogP contribution in [-0.4, -0.2) is 31.4 Å². The number of aryl methyl sites for hydroxylation is 1. The molecule has 27 heavy (non-hydrogen) atoms. The normalized spacial score (nSPS) is 10.5. The van der Waals surface area contributed by atoms with Gasteiger partial charge in [0.15, 0.2) is 0 Å². The number of carbonyl (C=O) groups is 3. The zero-order valence-electron chi connectivity index (χ0n) is 14.9. The number of nitrogens with one attached hydrogen (secondary N) is 2. The SMILES string of the molecule is COC(=O)CNC(=O)c1ccc(NC(=O)/C=C/c2ccc(C)c(Cl)c2)cc1. The quantitative estimate of drug-likeness (QED) is 0.589. The summed E-state index contributed by atoms with van der Waals surface area (Å²) in [6.45, 7) is 1.70. The lowest BCUT2D eigenvalue weighted by Crippen LogP contribution is -2.30. The fraction of sp³-hybridized carbons (Fsp3) is 0.150. The number of ether oxygens (including phenoxy) is 1. The number of hydrogen-bond donors (Lipinski definition) is 2. The van der Waals surface area contributed by atoms with Crippen LogP contribution in [0.25, 0.3) is 6.08 Å². The topological polar surface area (TPSA) is 84.5 Å².